The van der Waals surface area contributed by atoms with Gasteiger partial charge >= 0.3 is 0 Å². The van der Waals surface area contributed by atoms with Crippen LogP contribution in [0.4, 0.5) is 13.2 Å². The molecule has 0 saturated heterocycles. The molecule has 0 amide bonds. The molecular weight excluding hydrogens is 601 g/mol. The monoisotopic (exact) mass is 640 g/mol. The van der Waals surface area contributed by atoms with E-state index < -0.39 is 29.0 Å². The molecule has 0 spiro atoms. The van der Waals surface area contributed by atoms with Gasteiger partial charge in [-0.25, -0.2) is 32.8 Å². The highest BCUT2D eigenvalue weighted by Crippen LogP contribution is 2.39. The third-order valence-electron chi connectivity index (χ3n) is 7.48. The van der Waals surface area contributed by atoms with Crippen LogP contribution >= 0.6 is 0 Å². The van der Waals surface area contributed by atoms with Crippen LogP contribution in [0.15, 0.2) is 98.0 Å². The molecule has 244 valence electrons. The molecule has 7 nitrogen and oxygen atoms in total. The summed E-state index contributed by atoms with van der Waals surface area (Å²) in [4.78, 5) is 13.5. The normalized spacial score (nSPS) is 13.5. The smallest absolute Gasteiger partial charge is 0.163 e. The molecule has 2 atom stereocenters. The number of rotatable bonds is 9. The number of hydrogen-bond donors (Lipinski definition) is 1. The summed E-state index contributed by atoms with van der Waals surface area (Å²) in [6, 6.07) is 17.9. The Hall–Kier alpha value is -4.85. The second-order valence-corrected chi connectivity index (χ2v) is 12.4. The Balaban J connectivity index is 0.000000215. The van der Waals surface area contributed by atoms with Gasteiger partial charge in [-0.3, -0.25) is 4.90 Å². The molecule has 0 unspecified atom stereocenters. The second-order valence-electron chi connectivity index (χ2n) is 12.4. The maximum atomic E-state index is 14.4. The van der Waals surface area contributed by atoms with Gasteiger partial charge in [0.15, 0.2) is 5.82 Å². The molecule has 0 aliphatic heterocycles. The van der Waals surface area contributed by atoms with Crippen LogP contribution in [-0.4, -0.2) is 48.3 Å². The van der Waals surface area contributed by atoms with Crippen LogP contribution in [0.25, 0.3) is 10.8 Å². The van der Waals surface area contributed by atoms with Gasteiger partial charge in [0.25, 0.3) is 0 Å². The second kappa shape index (κ2) is 15.6. The third-order valence-corrected chi connectivity index (χ3v) is 7.48. The Morgan fingerprint density at radius 2 is 1.74 bits per heavy atom. The first kappa shape index (κ1) is 35.0. The standard InChI is InChI=1S/C21H25N.C16H14F3N5O/c1-21(2,3)15-8-5-9-16-22(4)17-19-13-10-12-18-11-6-7-14-20(18)19;1-10(15-14(19)5-20-7-22-15)16(25,6-24-9-21-8-23-24)12-3-2-11(17)4-13(12)18/h5-7,9-14H,16-17H2,1-4H3;2-5,7-10,25H,6H2,1H3/b9-5+;/t;10-,16+/m.0/s1. The molecule has 3 aromatic carbocycles. The fourth-order valence-electron chi connectivity index (χ4n) is 5.06. The summed E-state index contributed by atoms with van der Waals surface area (Å²) in [6.07, 6.45) is 8.75. The zero-order valence-corrected chi connectivity index (χ0v) is 27.2. The van der Waals surface area contributed by atoms with Crippen molar-refractivity contribution in [1.29, 1.82) is 0 Å². The van der Waals surface area contributed by atoms with Crippen molar-refractivity contribution in [3.8, 4) is 11.8 Å². The summed E-state index contributed by atoms with van der Waals surface area (Å²) in [5.74, 6) is 2.86. The first-order valence-corrected chi connectivity index (χ1v) is 15.2. The number of hydrogen-bond acceptors (Lipinski definition) is 6. The van der Waals surface area contributed by atoms with Crippen LogP contribution in [-0.2, 0) is 18.7 Å². The van der Waals surface area contributed by atoms with Crippen LogP contribution in [0.2, 0.25) is 0 Å². The molecular formula is C37H39F3N6O. The summed E-state index contributed by atoms with van der Waals surface area (Å²) in [5, 5.41) is 17.8. The highest BCUT2D eigenvalue weighted by molar-refractivity contribution is 5.85. The molecule has 0 saturated carbocycles. The van der Waals surface area contributed by atoms with Gasteiger partial charge in [0, 0.05) is 36.1 Å². The number of allylic oxidation sites excluding steroid dienone is 1. The predicted octanol–water partition coefficient (Wildman–Crippen LogP) is 7.05. The molecule has 1 N–H and O–H groups in total. The van der Waals surface area contributed by atoms with E-state index in [1.54, 1.807) is 0 Å². The molecule has 0 aliphatic carbocycles. The van der Waals surface area contributed by atoms with Crippen LogP contribution in [0.1, 0.15) is 50.4 Å². The Morgan fingerprint density at radius 3 is 2.45 bits per heavy atom. The molecule has 2 heterocycles. The highest BCUT2D eigenvalue weighted by atomic mass is 19.1. The van der Waals surface area contributed by atoms with E-state index in [-0.39, 0.29) is 23.2 Å². The van der Waals surface area contributed by atoms with E-state index in [4.69, 9.17) is 0 Å². The van der Waals surface area contributed by atoms with Crippen molar-refractivity contribution in [2.75, 3.05) is 13.6 Å². The molecule has 2 aromatic heterocycles. The van der Waals surface area contributed by atoms with E-state index in [0.29, 0.717) is 6.07 Å². The largest absolute Gasteiger partial charge is 0.382 e. The molecule has 0 fully saturated rings. The highest BCUT2D eigenvalue weighted by Gasteiger charge is 2.41. The summed E-state index contributed by atoms with van der Waals surface area (Å²) in [7, 11) is 2.14. The lowest BCUT2D eigenvalue weighted by atomic mass is 9.79. The zero-order chi connectivity index (χ0) is 34.0. The molecule has 5 rings (SSSR count). The van der Waals surface area contributed by atoms with Crippen LogP contribution in [0, 0.1) is 34.7 Å². The maximum absolute atomic E-state index is 14.4. The van der Waals surface area contributed by atoms with Crippen molar-refractivity contribution in [1.82, 2.24) is 29.6 Å². The van der Waals surface area contributed by atoms with Gasteiger partial charge in [0.2, 0.25) is 0 Å². The minimum atomic E-state index is -1.96. The van der Waals surface area contributed by atoms with Gasteiger partial charge < -0.3 is 5.11 Å². The quantitative estimate of drug-likeness (QED) is 0.174. The van der Waals surface area contributed by atoms with Gasteiger partial charge in [0.05, 0.1) is 18.4 Å². The summed E-state index contributed by atoms with van der Waals surface area (Å²) in [5.41, 5.74) is -0.814. The van der Waals surface area contributed by atoms with Gasteiger partial charge in [-0.05, 0) is 56.3 Å². The average Bonchev–Trinajstić information content (AvgIpc) is 3.53. The third kappa shape index (κ3) is 9.58. The van der Waals surface area contributed by atoms with E-state index in [1.807, 2.05) is 6.08 Å². The average molecular weight is 641 g/mol. The lowest BCUT2D eigenvalue weighted by Gasteiger charge is -2.34. The molecule has 0 bridgehead atoms. The van der Waals surface area contributed by atoms with E-state index in [9.17, 15) is 18.3 Å². The molecule has 0 aliphatic rings. The zero-order valence-electron chi connectivity index (χ0n) is 27.2. The minimum absolute atomic E-state index is 0.0686. The van der Waals surface area contributed by atoms with Crippen LogP contribution in [0.5, 0.6) is 0 Å². The van der Waals surface area contributed by atoms with Crippen LogP contribution in [0.3, 0.4) is 0 Å². The minimum Gasteiger partial charge on any atom is -0.382 e. The van der Waals surface area contributed by atoms with Gasteiger partial charge in [-0.1, -0.05) is 73.4 Å². The number of fused-ring (bicyclic) bond motifs is 1. The molecule has 10 heteroatoms. The van der Waals surface area contributed by atoms with Crippen molar-refractivity contribution >= 4 is 10.8 Å². The summed E-state index contributed by atoms with van der Waals surface area (Å²) in [6.45, 7) is 9.48. The maximum Gasteiger partial charge on any atom is 0.163 e. The number of benzene rings is 3. The van der Waals surface area contributed by atoms with E-state index in [1.165, 1.54) is 40.6 Å². The van der Waals surface area contributed by atoms with Crippen LogP contribution < -0.4 is 0 Å². The van der Waals surface area contributed by atoms with E-state index in [2.05, 4.69) is 113 Å². The topological polar surface area (TPSA) is 80.0 Å². The number of aromatic nitrogens is 5. The Kier molecular flexibility index (Phi) is 11.6. The predicted molar refractivity (Wildman–Crippen MR) is 177 cm³/mol. The lowest BCUT2D eigenvalue weighted by molar-refractivity contribution is -0.0133. The van der Waals surface area contributed by atoms with Gasteiger partial charge in [0.1, 0.15) is 36.2 Å². The Bertz CT molecular complexity index is 1850. The molecule has 0 radical (unpaired) electrons. The van der Waals surface area contributed by atoms with Gasteiger partial charge in [-0.2, -0.15) is 5.10 Å². The number of nitrogens with zero attached hydrogens (tertiary/aromatic N) is 6. The van der Waals surface area contributed by atoms with E-state index >= 15 is 0 Å². The molecule has 5 aromatic rings. The number of halogens is 3. The van der Waals surface area contributed by atoms with Crippen molar-refractivity contribution in [3.63, 3.8) is 0 Å². The number of aliphatic hydroxyl groups is 1. The number of likely N-dealkylation sites (N-methyl/N-ethyl adjacent to an activating group) is 1. The first-order chi connectivity index (χ1) is 22.4. The fourth-order valence-corrected chi connectivity index (χ4v) is 5.06. The van der Waals surface area contributed by atoms with E-state index in [0.717, 1.165) is 37.7 Å². The van der Waals surface area contributed by atoms with Crippen molar-refractivity contribution < 1.29 is 18.3 Å². The van der Waals surface area contributed by atoms with Crippen molar-refractivity contribution in [3.05, 3.63) is 132 Å². The van der Waals surface area contributed by atoms with Gasteiger partial charge in [-0.15, -0.1) is 0 Å². The first-order valence-electron chi connectivity index (χ1n) is 15.2. The molecule has 47 heavy (non-hydrogen) atoms. The van der Waals surface area contributed by atoms with Crippen molar-refractivity contribution in [2.24, 2.45) is 5.41 Å². The fraction of sp³-hybridized carbons (Fsp3) is 0.297. The lowest BCUT2D eigenvalue weighted by Crippen LogP contribution is -2.39. The SMILES string of the molecule is CN(C/C=C/C#CC(C)(C)C)Cc1cccc2ccccc12.C[C@@H](c1ncncc1F)[C@](O)(Cn1cncn1)c1ccc(F)cc1F. The Morgan fingerprint density at radius 1 is 0.979 bits per heavy atom. The summed E-state index contributed by atoms with van der Waals surface area (Å²) < 4.78 is 43.0. The Labute approximate surface area is 273 Å². The van der Waals surface area contributed by atoms with Crippen molar-refractivity contribution in [2.45, 2.75) is 52.3 Å². The summed E-state index contributed by atoms with van der Waals surface area (Å²) >= 11 is 0.